The molecule has 2 aliphatic rings. The number of ether oxygens (including phenoxy) is 1. The Labute approximate surface area is 137 Å². The van der Waals surface area contributed by atoms with Crippen LogP contribution in [0.2, 0.25) is 0 Å². The maximum atomic E-state index is 5.30. The van der Waals surface area contributed by atoms with E-state index in [0.717, 1.165) is 69.7 Å². The number of rotatable bonds is 5. The van der Waals surface area contributed by atoms with Crippen LogP contribution in [0.1, 0.15) is 38.8 Å². The molecular weight excluding hydrogens is 292 g/mol. The highest BCUT2D eigenvalue weighted by Crippen LogP contribution is 2.26. The average Bonchev–Trinajstić information content (AvgIpc) is 2.93. The molecule has 1 fully saturated rings. The van der Waals surface area contributed by atoms with Gasteiger partial charge in [0.25, 0.3) is 0 Å². The quantitative estimate of drug-likeness (QED) is 0.618. The van der Waals surface area contributed by atoms with Gasteiger partial charge in [0.05, 0.1) is 26.3 Å². The first kappa shape index (κ1) is 16.2. The average molecular weight is 320 g/mol. The molecule has 0 aliphatic carbocycles. The molecule has 0 aromatic carbocycles. The van der Waals surface area contributed by atoms with Crippen molar-refractivity contribution in [1.29, 1.82) is 0 Å². The predicted molar refractivity (Wildman–Crippen MR) is 89.5 cm³/mol. The number of aromatic nitrogens is 3. The van der Waals surface area contributed by atoms with E-state index in [9.17, 15) is 0 Å². The normalized spacial score (nSPS) is 23.1. The molecule has 1 aromatic heterocycles. The molecule has 0 radical (unpaired) electrons. The fraction of sp³-hybridized carbons (Fsp3) is 0.812. The third kappa shape index (κ3) is 3.83. The summed E-state index contributed by atoms with van der Waals surface area (Å²) < 4.78 is 7.35. The number of fused-ring (bicyclic) bond motifs is 1. The van der Waals surface area contributed by atoms with Crippen molar-refractivity contribution < 1.29 is 4.74 Å². The zero-order valence-corrected chi connectivity index (χ0v) is 14.4. The Morgan fingerprint density at radius 2 is 2.26 bits per heavy atom. The van der Waals surface area contributed by atoms with Gasteiger partial charge in [0.2, 0.25) is 0 Å². The van der Waals surface area contributed by atoms with Gasteiger partial charge in [-0.15, -0.1) is 0 Å². The lowest BCUT2D eigenvalue weighted by Crippen LogP contribution is -2.48. The second kappa shape index (κ2) is 6.86. The Morgan fingerprint density at radius 1 is 1.43 bits per heavy atom. The van der Waals surface area contributed by atoms with E-state index in [1.165, 1.54) is 0 Å². The van der Waals surface area contributed by atoms with Gasteiger partial charge >= 0.3 is 0 Å². The van der Waals surface area contributed by atoms with Gasteiger partial charge in [-0.1, -0.05) is 13.8 Å². The van der Waals surface area contributed by atoms with E-state index < -0.39 is 0 Å². The van der Waals surface area contributed by atoms with E-state index in [0.29, 0.717) is 6.04 Å². The molecule has 23 heavy (non-hydrogen) atoms. The first-order valence-electron chi connectivity index (χ1n) is 8.67. The number of hydrogen-bond acceptors (Lipinski definition) is 4. The Hall–Kier alpha value is -1.63. The Balaban J connectivity index is 1.60. The van der Waals surface area contributed by atoms with Crippen molar-refractivity contribution in [2.45, 2.75) is 52.6 Å². The van der Waals surface area contributed by atoms with Gasteiger partial charge in [0, 0.05) is 30.8 Å². The minimum atomic E-state index is 0.198. The van der Waals surface area contributed by atoms with Crippen LogP contribution in [-0.2, 0) is 24.1 Å². The third-order valence-corrected chi connectivity index (χ3v) is 4.42. The van der Waals surface area contributed by atoms with Gasteiger partial charge in [0.15, 0.2) is 11.8 Å². The van der Waals surface area contributed by atoms with E-state index in [1.54, 1.807) is 0 Å². The molecule has 0 saturated carbocycles. The predicted octanol–water partition coefficient (Wildman–Crippen LogP) is 0.747. The van der Waals surface area contributed by atoms with Crippen LogP contribution in [0.25, 0.3) is 0 Å². The Morgan fingerprint density at radius 3 is 2.91 bits per heavy atom. The molecule has 1 saturated heterocycles. The number of hydrogen-bond donors (Lipinski definition) is 2. The number of nitrogens with zero attached hydrogens (tertiary/aromatic N) is 4. The topological polar surface area (TPSA) is 76.4 Å². The largest absolute Gasteiger partial charge is 0.380 e. The van der Waals surface area contributed by atoms with E-state index >= 15 is 0 Å². The summed E-state index contributed by atoms with van der Waals surface area (Å²) >= 11 is 0. The summed E-state index contributed by atoms with van der Waals surface area (Å²) in [6.07, 6.45) is 2.92. The van der Waals surface area contributed by atoms with Crippen LogP contribution >= 0.6 is 0 Å². The fourth-order valence-electron chi connectivity index (χ4n) is 2.95. The van der Waals surface area contributed by atoms with Crippen LogP contribution in [-0.4, -0.2) is 53.1 Å². The van der Waals surface area contributed by atoms with Gasteiger partial charge in [-0.3, -0.25) is 4.99 Å². The first-order valence-corrected chi connectivity index (χ1v) is 8.67. The van der Waals surface area contributed by atoms with Crippen molar-refractivity contribution >= 4 is 5.96 Å². The van der Waals surface area contributed by atoms with Gasteiger partial charge in [-0.2, -0.15) is 5.10 Å². The summed E-state index contributed by atoms with van der Waals surface area (Å²) in [6.45, 7) is 10.5. The van der Waals surface area contributed by atoms with Crippen molar-refractivity contribution in [2.75, 3.05) is 26.3 Å². The molecule has 0 spiro atoms. The van der Waals surface area contributed by atoms with Gasteiger partial charge < -0.3 is 15.4 Å². The van der Waals surface area contributed by atoms with Crippen molar-refractivity contribution in [3.63, 3.8) is 0 Å². The summed E-state index contributed by atoms with van der Waals surface area (Å²) in [5.74, 6) is 2.95. The van der Waals surface area contributed by atoms with Crippen LogP contribution in [0.15, 0.2) is 4.99 Å². The second-order valence-corrected chi connectivity index (χ2v) is 6.86. The molecule has 1 aromatic rings. The van der Waals surface area contributed by atoms with Gasteiger partial charge in [-0.25, -0.2) is 9.67 Å². The molecular formula is C16H28N6O. The molecule has 1 atom stereocenters. The molecule has 7 nitrogen and oxygen atoms in total. The summed E-state index contributed by atoms with van der Waals surface area (Å²) in [6, 6.07) is 0.345. The smallest absolute Gasteiger partial charge is 0.191 e. The van der Waals surface area contributed by atoms with Crippen LogP contribution < -0.4 is 10.6 Å². The highest BCUT2D eigenvalue weighted by atomic mass is 16.5. The molecule has 2 N–H and O–H groups in total. The zero-order chi connectivity index (χ0) is 16.3. The lowest BCUT2D eigenvalue weighted by molar-refractivity contribution is -0.0945. The number of nitrogens with one attached hydrogen (secondary N) is 2. The van der Waals surface area contributed by atoms with Crippen LogP contribution in [0, 0.1) is 5.41 Å². The maximum absolute atomic E-state index is 5.30. The molecule has 128 valence electrons. The number of aryl methyl sites for hydroxylation is 2. The molecule has 2 aliphatic heterocycles. The fourth-order valence-corrected chi connectivity index (χ4v) is 2.95. The summed E-state index contributed by atoms with van der Waals surface area (Å²) in [7, 11) is 0. The van der Waals surface area contributed by atoms with E-state index in [2.05, 4.69) is 41.5 Å². The molecule has 7 heteroatoms. The van der Waals surface area contributed by atoms with Gasteiger partial charge in [-0.05, 0) is 13.3 Å². The minimum Gasteiger partial charge on any atom is -0.380 e. The number of aliphatic imine (C=N–C) groups is 1. The van der Waals surface area contributed by atoms with Crippen molar-refractivity contribution in [2.24, 2.45) is 10.4 Å². The molecule has 0 amide bonds. The monoisotopic (exact) mass is 320 g/mol. The Bertz CT molecular complexity index is 563. The third-order valence-electron chi connectivity index (χ3n) is 4.42. The Kier molecular flexibility index (Phi) is 4.84. The SMILES string of the molecule is CCNC(=NCC1(C)COC1)NC1CCc2nc(CC)nn2C1. The molecule has 3 rings (SSSR count). The van der Waals surface area contributed by atoms with Crippen LogP contribution in [0.3, 0.4) is 0 Å². The molecule has 0 bridgehead atoms. The lowest BCUT2D eigenvalue weighted by atomic mass is 9.89. The van der Waals surface area contributed by atoms with Crippen molar-refractivity contribution in [3.8, 4) is 0 Å². The number of guanidine groups is 1. The zero-order valence-electron chi connectivity index (χ0n) is 14.4. The second-order valence-electron chi connectivity index (χ2n) is 6.86. The highest BCUT2D eigenvalue weighted by Gasteiger charge is 2.33. The molecule has 3 heterocycles. The summed E-state index contributed by atoms with van der Waals surface area (Å²) in [5.41, 5.74) is 0.198. The van der Waals surface area contributed by atoms with E-state index in [4.69, 9.17) is 9.73 Å². The van der Waals surface area contributed by atoms with Crippen molar-refractivity contribution in [3.05, 3.63) is 11.6 Å². The van der Waals surface area contributed by atoms with Crippen LogP contribution in [0.4, 0.5) is 0 Å². The van der Waals surface area contributed by atoms with Crippen LogP contribution in [0.5, 0.6) is 0 Å². The highest BCUT2D eigenvalue weighted by molar-refractivity contribution is 5.80. The van der Waals surface area contributed by atoms with Crippen molar-refractivity contribution in [1.82, 2.24) is 25.4 Å². The summed E-state index contributed by atoms with van der Waals surface area (Å²) in [5, 5.41) is 11.5. The summed E-state index contributed by atoms with van der Waals surface area (Å²) in [4.78, 5) is 9.32. The molecule has 1 unspecified atom stereocenters. The maximum Gasteiger partial charge on any atom is 0.191 e. The standard InChI is InChI=1S/C16H28N6O/c1-4-13-20-14-7-6-12(8-22(14)21-13)19-15(17-5-2)18-9-16(3)10-23-11-16/h12H,4-11H2,1-3H3,(H2,17,18,19). The lowest BCUT2D eigenvalue weighted by Gasteiger charge is -2.36. The van der Waals surface area contributed by atoms with Gasteiger partial charge in [0.1, 0.15) is 5.82 Å². The minimum absolute atomic E-state index is 0.198. The first-order chi connectivity index (χ1) is 11.1. The van der Waals surface area contributed by atoms with E-state index in [1.807, 2.05) is 4.68 Å². The van der Waals surface area contributed by atoms with E-state index in [-0.39, 0.29) is 5.41 Å².